The summed E-state index contributed by atoms with van der Waals surface area (Å²) in [5.74, 6) is -1.12. The topological polar surface area (TPSA) is 117 Å². The highest BCUT2D eigenvalue weighted by molar-refractivity contribution is 6.33. The zero-order valence-electron chi connectivity index (χ0n) is 11.9. The highest BCUT2D eigenvalue weighted by Gasteiger charge is 2.10. The van der Waals surface area contributed by atoms with Gasteiger partial charge in [-0.3, -0.25) is 9.59 Å². The highest BCUT2D eigenvalue weighted by atomic mass is 35.5. The second-order valence-corrected chi connectivity index (χ2v) is 4.45. The first-order valence-electron chi connectivity index (χ1n) is 6.33. The van der Waals surface area contributed by atoms with Crippen LogP contribution >= 0.6 is 11.6 Å². The predicted octanol–water partition coefficient (Wildman–Crippen LogP) is 1.42. The summed E-state index contributed by atoms with van der Waals surface area (Å²) in [6.07, 6.45) is 1.14. The van der Waals surface area contributed by atoms with E-state index < -0.39 is 11.9 Å². The summed E-state index contributed by atoms with van der Waals surface area (Å²) in [6.45, 7) is 1.80. The number of benzene rings is 1. The fourth-order valence-electron chi connectivity index (χ4n) is 1.40. The zero-order valence-corrected chi connectivity index (χ0v) is 12.6. The van der Waals surface area contributed by atoms with Crippen molar-refractivity contribution in [2.75, 3.05) is 24.2 Å². The van der Waals surface area contributed by atoms with E-state index in [1.165, 1.54) is 12.1 Å². The molecule has 0 spiro atoms. The lowest BCUT2D eigenvalue weighted by Crippen LogP contribution is -2.22. The lowest BCUT2D eigenvalue weighted by atomic mass is 10.2. The van der Waals surface area contributed by atoms with Gasteiger partial charge >= 0.3 is 5.97 Å². The van der Waals surface area contributed by atoms with Crippen LogP contribution in [0.25, 0.3) is 0 Å². The number of ether oxygens (including phenoxy) is 1. The van der Waals surface area contributed by atoms with Gasteiger partial charge in [-0.2, -0.15) is 5.26 Å². The van der Waals surface area contributed by atoms with Gasteiger partial charge < -0.3 is 21.1 Å². The van der Waals surface area contributed by atoms with Gasteiger partial charge in [0.15, 0.2) is 0 Å². The molecule has 0 saturated carbocycles. The van der Waals surface area contributed by atoms with Crippen molar-refractivity contribution in [2.24, 2.45) is 0 Å². The van der Waals surface area contributed by atoms with Crippen LogP contribution in [0.4, 0.5) is 11.4 Å². The first-order chi connectivity index (χ1) is 10.5. The van der Waals surface area contributed by atoms with Crippen molar-refractivity contribution in [2.45, 2.75) is 6.92 Å². The molecule has 0 aliphatic heterocycles. The Morgan fingerprint density at radius 1 is 1.50 bits per heavy atom. The molecule has 7 nitrogen and oxygen atoms in total. The number of nitrogens with zero attached hydrogens (tertiary/aromatic N) is 1. The third kappa shape index (κ3) is 5.34. The average Bonchev–Trinajstić information content (AvgIpc) is 2.47. The predicted molar refractivity (Wildman–Crippen MR) is 82.8 cm³/mol. The minimum absolute atomic E-state index is 0.139. The van der Waals surface area contributed by atoms with E-state index in [1.807, 2.05) is 0 Å². The Bertz CT molecular complexity index is 637. The van der Waals surface area contributed by atoms with Crippen LogP contribution in [0, 0.1) is 11.3 Å². The summed E-state index contributed by atoms with van der Waals surface area (Å²) in [6, 6.07) is 6.29. The fraction of sp³-hybridized carbons (Fsp3) is 0.214. The van der Waals surface area contributed by atoms with Crippen LogP contribution in [-0.2, 0) is 14.3 Å². The van der Waals surface area contributed by atoms with Gasteiger partial charge in [0, 0.05) is 11.9 Å². The summed E-state index contributed by atoms with van der Waals surface area (Å²) < 4.78 is 4.70. The van der Waals surface area contributed by atoms with Gasteiger partial charge in [0.2, 0.25) is 0 Å². The smallest absolute Gasteiger partial charge is 0.325 e. The van der Waals surface area contributed by atoms with E-state index >= 15 is 0 Å². The van der Waals surface area contributed by atoms with Crippen LogP contribution in [0.3, 0.4) is 0 Å². The number of rotatable bonds is 6. The molecule has 1 aromatic carbocycles. The van der Waals surface area contributed by atoms with Gasteiger partial charge in [-0.25, -0.2) is 0 Å². The third-order valence-electron chi connectivity index (χ3n) is 2.42. The van der Waals surface area contributed by atoms with E-state index in [9.17, 15) is 9.59 Å². The number of hydrogen-bond donors (Lipinski definition) is 3. The number of nitrogens with two attached hydrogens (primary N) is 1. The molecule has 0 aliphatic carbocycles. The number of esters is 1. The maximum atomic E-state index is 11.9. The largest absolute Gasteiger partial charge is 0.465 e. The van der Waals surface area contributed by atoms with Crippen molar-refractivity contribution in [3.8, 4) is 6.07 Å². The second kappa shape index (κ2) is 8.54. The second-order valence-electron chi connectivity index (χ2n) is 4.05. The average molecular weight is 323 g/mol. The monoisotopic (exact) mass is 322 g/mol. The standard InChI is InChI=1S/C14H15ClN4O3/c1-2-22-13(20)8-18-7-9(6-16)14(21)19-10-3-4-12(17)11(15)5-10/h3-5,7,18H,2,8,17H2,1H3,(H,19,21)/b9-7-. The maximum Gasteiger partial charge on any atom is 0.325 e. The molecule has 22 heavy (non-hydrogen) atoms. The lowest BCUT2D eigenvalue weighted by molar-refractivity contribution is -0.141. The number of carbonyl (C=O) groups excluding carboxylic acids is 2. The number of halogens is 1. The van der Waals surface area contributed by atoms with Gasteiger partial charge in [0.25, 0.3) is 5.91 Å². The summed E-state index contributed by atoms with van der Waals surface area (Å²) in [5.41, 5.74) is 6.15. The SMILES string of the molecule is CCOC(=O)CN/C=C(/C#N)C(=O)Nc1ccc(N)c(Cl)c1. The van der Waals surface area contributed by atoms with Gasteiger partial charge in [-0.1, -0.05) is 11.6 Å². The van der Waals surface area contributed by atoms with E-state index in [0.717, 1.165) is 6.20 Å². The number of anilines is 2. The molecular weight excluding hydrogens is 308 g/mol. The summed E-state index contributed by atoms with van der Waals surface area (Å²) in [4.78, 5) is 23.0. The van der Waals surface area contributed by atoms with Crippen LogP contribution in [0.15, 0.2) is 30.0 Å². The van der Waals surface area contributed by atoms with Gasteiger partial charge in [0.1, 0.15) is 18.2 Å². The molecule has 1 rings (SSSR count). The summed E-state index contributed by atoms with van der Waals surface area (Å²) in [7, 11) is 0. The van der Waals surface area contributed by atoms with Crippen molar-refractivity contribution >= 4 is 34.9 Å². The molecule has 1 amide bonds. The zero-order chi connectivity index (χ0) is 16.5. The van der Waals surface area contributed by atoms with Crippen molar-refractivity contribution in [1.82, 2.24) is 5.32 Å². The molecule has 0 heterocycles. The lowest BCUT2D eigenvalue weighted by Gasteiger charge is -2.06. The van der Waals surface area contributed by atoms with Crippen LogP contribution in [-0.4, -0.2) is 25.0 Å². The first kappa shape index (κ1) is 17.3. The number of amides is 1. The summed E-state index contributed by atoms with van der Waals surface area (Å²) in [5, 5.41) is 14.3. The van der Waals surface area contributed by atoms with Gasteiger partial charge in [-0.05, 0) is 25.1 Å². The van der Waals surface area contributed by atoms with E-state index in [2.05, 4.69) is 10.6 Å². The minimum Gasteiger partial charge on any atom is -0.465 e. The molecule has 0 atom stereocenters. The number of nitrogen functional groups attached to an aromatic ring is 1. The maximum absolute atomic E-state index is 11.9. The van der Waals surface area contributed by atoms with E-state index in [4.69, 9.17) is 27.3 Å². The molecule has 4 N–H and O–H groups in total. The molecule has 8 heteroatoms. The van der Waals surface area contributed by atoms with E-state index in [-0.39, 0.29) is 18.7 Å². The molecule has 0 aromatic heterocycles. The Morgan fingerprint density at radius 3 is 2.82 bits per heavy atom. The Hall–Kier alpha value is -2.72. The molecule has 0 radical (unpaired) electrons. The first-order valence-corrected chi connectivity index (χ1v) is 6.71. The Labute approximate surface area is 132 Å². The van der Waals surface area contributed by atoms with Crippen LogP contribution in [0.5, 0.6) is 0 Å². The van der Waals surface area contributed by atoms with Crippen molar-refractivity contribution in [3.63, 3.8) is 0 Å². The normalized spacial score (nSPS) is 10.5. The molecule has 0 bridgehead atoms. The fourth-order valence-corrected chi connectivity index (χ4v) is 1.58. The molecule has 0 fully saturated rings. The van der Waals surface area contributed by atoms with E-state index in [1.54, 1.807) is 19.1 Å². The highest BCUT2D eigenvalue weighted by Crippen LogP contribution is 2.22. The van der Waals surface area contributed by atoms with Crippen molar-refractivity contribution in [1.29, 1.82) is 5.26 Å². The molecule has 1 aromatic rings. The Balaban J connectivity index is 2.66. The molecule has 0 aliphatic rings. The summed E-state index contributed by atoms with van der Waals surface area (Å²) >= 11 is 5.84. The number of nitrogens with one attached hydrogen (secondary N) is 2. The van der Waals surface area contributed by atoms with Crippen LogP contribution in [0.1, 0.15) is 6.92 Å². The van der Waals surface area contributed by atoms with Crippen LogP contribution in [0.2, 0.25) is 5.02 Å². The minimum atomic E-state index is -0.639. The number of nitriles is 1. The van der Waals surface area contributed by atoms with Gasteiger partial charge in [0.05, 0.1) is 17.3 Å². The van der Waals surface area contributed by atoms with Crippen LogP contribution < -0.4 is 16.4 Å². The third-order valence-corrected chi connectivity index (χ3v) is 2.75. The van der Waals surface area contributed by atoms with Crippen molar-refractivity contribution in [3.05, 3.63) is 35.0 Å². The molecular formula is C14H15ClN4O3. The quantitative estimate of drug-likeness (QED) is 0.315. The molecule has 0 unspecified atom stereocenters. The Kier molecular flexibility index (Phi) is 6.73. The number of hydrogen-bond acceptors (Lipinski definition) is 6. The molecule has 0 saturated heterocycles. The number of carbonyl (C=O) groups is 2. The van der Waals surface area contributed by atoms with Gasteiger partial charge in [-0.15, -0.1) is 0 Å². The molecule has 116 valence electrons. The van der Waals surface area contributed by atoms with Crippen molar-refractivity contribution < 1.29 is 14.3 Å². The van der Waals surface area contributed by atoms with E-state index in [0.29, 0.717) is 16.4 Å². The Morgan fingerprint density at radius 2 is 2.23 bits per heavy atom.